The highest BCUT2D eigenvalue weighted by Crippen LogP contribution is 2.46. The van der Waals surface area contributed by atoms with E-state index in [9.17, 15) is 0 Å². The van der Waals surface area contributed by atoms with E-state index in [1.165, 1.54) is 85.2 Å². The first-order chi connectivity index (χ1) is 32.2. The summed E-state index contributed by atoms with van der Waals surface area (Å²) in [5.74, 6) is 1.93. The smallest absolute Gasteiger partial charge is 0.164 e. The first-order valence-corrected chi connectivity index (χ1v) is 22.9. The maximum Gasteiger partial charge on any atom is 0.164 e. The van der Waals surface area contributed by atoms with E-state index in [0.717, 1.165) is 38.6 Å². The van der Waals surface area contributed by atoms with E-state index in [1.54, 1.807) is 11.3 Å². The van der Waals surface area contributed by atoms with E-state index in [4.69, 9.17) is 15.0 Å². The van der Waals surface area contributed by atoms with Gasteiger partial charge in [0.2, 0.25) is 0 Å². The summed E-state index contributed by atoms with van der Waals surface area (Å²) in [4.78, 5) is 16.9. The summed E-state index contributed by atoms with van der Waals surface area (Å²) in [7, 11) is 0. The summed E-state index contributed by atoms with van der Waals surface area (Å²) >= 11 is 1.80. The van der Waals surface area contributed by atoms with Gasteiger partial charge in [0.25, 0.3) is 0 Å². The van der Waals surface area contributed by atoms with Crippen LogP contribution in [0.1, 0.15) is 0 Å². The molecule has 0 spiro atoms. The van der Waals surface area contributed by atoms with E-state index >= 15 is 0 Å². The van der Waals surface area contributed by atoms with Crippen LogP contribution in [-0.4, -0.2) is 15.0 Å². The molecule has 0 N–H and O–H groups in total. The quantitative estimate of drug-likeness (QED) is 0.162. The van der Waals surface area contributed by atoms with Crippen LogP contribution < -0.4 is 0 Å². The molecule has 0 aliphatic rings. The fourth-order valence-corrected chi connectivity index (χ4v) is 11.5. The number of benzene rings is 11. The molecule has 65 heavy (non-hydrogen) atoms. The fraction of sp³-hybridized carbons (Fsp3) is 0. The zero-order valence-electron chi connectivity index (χ0n) is 35.0. The highest BCUT2D eigenvalue weighted by Gasteiger charge is 2.20. The van der Waals surface area contributed by atoms with E-state index in [2.05, 4.69) is 194 Å². The van der Waals surface area contributed by atoms with Gasteiger partial charge < -0.3 is 0 Å². The van der Waals surface area contributed by atoms with Gasteiger partial charge in [0.05, 0.1) is 0 Å². The van der Waals surface area contributed by atoms with Crippen LogP contribution in [0, 0.1) is 0 Å². The Labute approximate surface area is 377 Å². The molecule has 0 fully saturated rings. The van der Waals surface area contributed by atoms with Gasteiger partial charge in [-0.3, -0.25) is 0 Å². The van der Waals surface area contributed by atoms with Crippen molar-refractivity contribution in [2.75, 3.05) is 0 Å². The topological polar surface area (TPSA) is 38.7 Å². The van der Waals surface area contributed by atoms with Crippen molar-refractivity contribution in [3.8, 4) is 55.7 Å². The predicted octanol–water partition coefficient (Wildman–Crippen LogP) is 16.9. The lowest BCUT2D eigenvalue weighted by molar-refractivity contribution is 1.08. The molecule has 0 aliphatic carbocycles. The van der Waals surface area contributed by atoms with Crippen LogP contribution in [0.2, 0.25) is 0 Å². The van der Waals surface area contributed by atoms with Gasteiger partial charge >= 0.3 is 0 Å². The molecule has 2 aromatic heterocycles. The van der Waals surface area contributed by atoms with E-state index in [-0.39, 0.29) is 0 Å². The number of rotatable bonds is 5. The summed E-state index contributed by atoms with van der Waals surface area (Å²) in [6.07, 6.45) is 0. The molecule has 0 saturated heterocycles. The van der Waals surface area contributed by atoms with E-state index in [1.807, 2.05) is 18.2 Å². The van der Waals surface area contributed by atoms with Crippen LogP contribution in [0.15, 0.2) is 212 Å². The van der Waals surface area contributed by atoms with Crippen LogP contribution in [0.5, 0.6) is 0 Å². The molecule has 0 radical (unpaired) electrons. The Kier molecular flexibility index (Phi) is 7.85. The maximum atomic E-state index is 5.29. The van der Waals surface area contributed by atoms with Crippen molar-refractivity contribution in [2.24, 2.45) is 0 Å². The lowest BCUT2D eigenvalue weighted by Gasteiger charge is -2.18. The molecule has 3 nitrogen and oxygen atoms in total. The molecular formula is C61H35N3S. The fourth-order valence-electron chi connectivity index (χ4n) is 10.5. The third-order valence-electron chi connectivity index (χ3n) is 13.4. The van der Waals surface area contributed by atoms with Gasteiger partial charge in [0.1, 0.15) is 0 Å². The van der Waals surface area contributed by atoms with Gasteiger partial charge in [0.15, 0.2) is 17.5 Å². The molecule has 14 rings (SSSR count). The predicted molar refractivity (Wildman–Crippen MR) is 276 cm³/mol. The van der Waals surface area contributed by atoms with Gasteiger partial charge in [-0.05, 0) is 134 Å². The SMILES string of the molecule is c1ccc(-c2nc(-c3cccc(-c4cc5ccccc5s4)c3)nc(-c3ccc(-c4cc5ccc6cccc7c8cccc9ccc%10cccc(c(c4)c5c67)c%10c98)c4ccccc34)n2)cc1. The first-order valence-electron chi connectivity index (χ1n) is 22.1. The van der Waals surface area contributed by atoms with Gasteiger partial charge in [-0.15, -0.1) is 11.3 Å². The molecule has 0 amide bonds. The third-order valence-corrected chi connectivity index (χ3v) is 14.6. The van der Waals surface area contributed by atoms with Crippen LogP contribution in [0.3, 0.4) is 0 Å². The zero-order chi connectivity index (χ0) is 42.6. The first kappa shape index (κ1) is 36.2. The summed E-state index contributed by atoms with van der Waals surface area (Å²) in [6.45, 7) is 0. The van der Waals surface area contributed by atoms with Gasteiger partial charge in [0, 0.05) is 26.3 Å². The molecule has 300 valence electrons. The maximum absolute atomic E-state index is 5.29. The second-order valence-corrected chi connectivity index (χ2v) is 18.2. The van der Waals surface area contributed by atoms with Crippen LogP contribution in [0.4, 0.5) is 0 Å². The Morgan fingerprint density at radius 3 is 1.46 bits per heavy atom. The van der Waals surface area contributed by atoms with Crippen molar-refractivity contribution in [3.63, 3.8) is 0 Å². The monoisotopic (exact) mass is 841 g/mol. The number of aromatic nitrogens is 3. The molecule has 0 aliphatic heterocycles. The van der Waals surface area contributed by atoms with Gasteiger partial charge in [-0.25, -0.2) is 15.0 Å². The Bertz CT molecular complexity index is 4210. The second kappa shape index (κ2) is 14.1. The van der Waals surface area contributed by atoms with Crippen molar-refractivity contribution < 1.29 is 0 Å². The molecule has 0 saturated carbocycles. The minimum Gasteiger partial charge on any atom is -0.208 e. The molecule has 14 aromatic rings. The van der Waals surface area contributed by atoms with E-state index < -0.39 is 0 Å². The molecule has 12 aromatic carbocycles. The lowest BCUT2D eigenvalue weighted by atomic mass is 9.86. The summed E-state index contributed by atoms with van der Waals surface area (Å²) in [6, 6.07) is 77.2. The largest absolute Gasteiger partial charge is 0.208 e. The number of nitrogens with zero attached hydrogens (tertiary/aromatic N) is 3. The van der Waals surface area contributed by atoms with Crippen LogP contribution in [-0.2, 0) is 0 Å². The molecule has 0 bridgehead atoms. The van der Waals surface area contributed by atoms with Crippen molar-refractivity contribution >= 4 is 96.8 Å². The molecule has 2 heterocycles. The van der Waals surface area contributed by atoms with Gasteiger partial charge in [-0.1, -0.05) is 176 Å². The zero-order valence-corrected chi connectivity index (χ0v) is 35.8. The van der Waals surface area contributed by atoms with Crippen molar-refractivity contribution in [1.82, 2.24) is 15.0 Å². The minimum absolute atomic E-state index is 0.641. The number of hydrogen-bond acceptors (Lipinski definition) is 4. The summed E-state index contributed by atoms with van der Waals surface area (Å²) in [5, 5.41) is 18.8. The number of hydrogen-bond donors (Lipinski definition) is 0. The Hall–Kier alpha value is -8.31. The standard InChI is InChI=1S/C61H35N3S/c1-2-12-39(13-3-1)59-62-60(43-19-8-18-40(32-43)54-35-41-14-4-7-25-53(41)65-54)64-61(63-59)51-31-30-45(46-20-5-6-21-47(46)51)44-33-42-29-28-38-16-10-23-49-48-22-9-15-36-26-27-37-17-11-24-50(57(37)55(36)48)52(34-44)58(42)56(38)49/h1-35H. The van der Waals surface area contributed by atoms with Gasteiger partial charge in [-0.2, -0.15) is 0 Å². The van der Waals surface area contributed by atoms with Crippen molar-refractivity contribution in [2.45, 2.75) is 0 Å². The average Bonchev–Trinajstić information content (AvgIpc) is 3.82. The van der Waals surface area contributed by atoms with Crippen LogP contribution >= 0.6 is 11.3 Å². The van der Waals surface area contributed by atoms with Crippen molar-refractivity contribution in [3.05, 3.63) is 212 Å². The average molecular weight is 842 g/mol. The molecule has 4 heteroatoms. The number of fused-ring (bicyclic) bond motifs is 4. The summed E-state index contributed by atoms with van der Waals surface area (Å²) < 4.78 is 1.27. The molecular weight excluding hydrogens is 807 g/mol. The van der Waals surface area contributed by atoms with E-state index in [0.29, 0.717) is 17.5 Å². The van der Waals surface area contributed by atoms with Crippen molar-refractivity contribution in [1.29, 1.82) is 0 Å². The lowest BCUT2D eigenvalue weighted by Crippen LogP contribution is -2.01. The molecule has 0 atom stereocenters. The normalized spacial score (nSPS) is 12.0. The highest BCUT2D eigenvalue weighted by atomic mass is 32.1. The Morgan fingerprint density at radius 1 is 0.262 bits per heavy atom. The highest BCUT2D eigenvalue weighted by molar-refractivity contribution is 7.22. The third kappa shape index (κ3) is 5.64. The summed E-state index contributed by atoms with van der Waals surface area (Å²) in [5.41, 5.74) is 6.33. The molecule has 0 unspecified atom stereocenters. The second-order valence-electron chi connectivity index (χ2n) is 17.1. The minimum atomic E-state index is 0.641. The number of thiophene rings is 1. The Morgan fingerprint density at radius 2 is 0.754 bits per heavy atom. The van der Waals surface area contributed by atoms with Crippen LogP contribution in [0.25, 0.3) is 141 Å². The Balaban J connectivity index is 0.995.